The van der Waals surface area contributed by atoms with Crippen molar-refractivity contribution in [2.45, 2.75) is 25.8 Å². The van der Waals surface area contributed by atoms with Crippen LogP contribution in [0.1, 0.15) is 19.3 Å². The lowest BCUT2D eigenvalue weighted by Gasteiger charge is -1.98. The van der Waals surface area contributed by atoms with Gasteiger partial charge in [-0.3, -0.25) is 13.5 Å². The van der Waals surface area contributed by atoms with Gasteiger partial charge in [-0.1, -0.05) is 23.7 Å². The molecule has 1 aromatic heterocycles. The molecular formula is C12H13NO3S. The second kappa shape index (κ2) is 5.14. The number of carboxylic acid groups (broad SMARTS) is 1. The van der Waals surface area contributed by atoms with E-state index in [0.29, 0.717) is 13.0 Å². The van der Waals surface area contributed by atoms with Crippen molar-refractivity contribution in [3.8, 4) is 0 Å². The van der Waals surface area contributed by atoms with Crippen LogP contribution in [0.15, 0.2) is 29.1 Å². The fourth-order valence-corrected chi connectivity index (χ4v) is 2.73. The van der Waals surface area contributed by atoms with Crippen molar-refractivity contribution in [1.29, 1.82) is 0 Å². The molecule has 0 aliphatic heterocycles. The van der Waals surface area contributed by atoms with Crippen LogP contribution in [0.2, 0.25) is 0 Å². The standard InChI is InChI=1S/C12H13NO3S/c14-11(15)7-3-4-8-13-12(16)9-5-1-2-6-10(9)17-13/h1-2,5-6H,3-4,7-8H2,(H,14,15). The number of benzene rings is 1. The Bertz CT molecular complexity index is 585. The molecule has 0 saturated carbocycles. The summed E-state index contributed by atoms with van der Waals surface area (Å²) in [5.74, 6) is -0.784. The molecule has 1 heterocycles. The summed E-state index contributed by atoms with van der Waals surface area (Å²) in [5, 5.41) is 9.26. The first-order valence-corrected chi connectivity index (χ1v) is 6.26. The molecule has 90 valence electrons. The summed E-state index contributed by atoms with van der Waals surface area (Å²) in [7, 11) is 0. The van der Waals surface area contributed by atoms with Crippen molar-refractivity contribution in [3.63, 3.8) is 0 Å². The van der Waals surface area contributed by atoms with Crippen LogP contribution in [0.25, 0.3) is 10.1 Å². The first kappa shape index (κ1) is 11.9. The highest BCUT2D eigenvalue weighted by Gasteiger charge is 2.06. The Morgan fingerprint density at radius 1 is 1.29 bits per heavy atom. The van der Waals surface area contributed by atoms with E-state index in [1.165, 1.54) is 11.5 Å². The molecule has 0 atom stereocenters. The number of fused-ring (bicyclic) bond motifs is 1. The van der Waals surface area contributed by atoms with Crippen molar-refractivity contribution in [3.05, 3.63) is 34.6 Å². The molecule has 0 spiro atoms. The molecule has 0 unspecified atom stereocenters. The maximum absolute atomic E-state index is 11.9. The van der Waals surface area contributed by atoms with Gasteiger partial charge in [-0.15, -0.1) is 0 Å². The lowest BCUT2D eigenvalue weighted by Crippen LogP contribution is -2.13. The minimum absolute atomic E-state index is 0.0286. The van der Waals surface area contributed by atoms with Gasteiger partial charge in [-0.25, -0.2) is 0 Å². The van der Waals surface area contributed by atoms with Gasteiger partial charge in [0.1, 0.15) is 0 Å². The van der Waals surface area contributed by atoms with E-state index in [4.69, 9.17) is 5.11 Å². The normalized spacial score (nSPS) is 10.8. The van der Waals surface area contributed by atoms with Crippen LogP contribution < -0.4 is 5.56 Å². The number of aliphatic carboxylic acids is 1. The van der Waals surface area contributed by atoms with Crippen molar-refractivity contribution < 1.29 is 9.90 Å². The summed E-state index contributed by atoms with van der Waals surface area (Å²) in [6.45, 7) is 0.603. The Morgan fingerprint density at radius 3 is 2.76 bits per heavy atom. The molecule has 1 N–H and O–H groups in total. The van der Waals surface area contributed by atoms with Gasteiger partial charge in [0.2, 0.25) is 0 Å². The maximum Gasteiger partial charge on any atom is 0.303 e. The quantitative estimate of drug-likeness (QED) is 0.830. The van der Waals surface area contributed by atoms with Crippen LogP contribution >= 0.6 is 11.5 Å². The zero-order valence-corrected chi connectivity index (χ0v) is 10.1. The third-order valence-corrected chi connectivity index (χ3v) is 3.68. The summed E-state index contributed by atoms with van der Waals surface area (Å²) in [5.41, 5.74) is 0.0286. The van der Waals surface area contributed by atoms with Gasteiger partial charge in [0.25, 0.3) is 5.56 Å². The molecule has 0 saturated heterocycles. The Hall–Kier alpha value is -1.62. The first-order chi connectivity index (χ1) is 8.18. The van der Waals surface area contributed by atoms with Gasteiger partial charge in [-0.2, -0.15) is 0 Å². The average Bonchev–Trinajstić information content (AvgIpc) is 2.63. The maximum atomic E-state index is 11.9. The number of aryl methyl sites for hydroxylation is 1. The van der Waals surface area contributed by atoms with E-state index in [-0.39, 0.29) is 12.0 Å². The van der Waals surface area contributed by atoms with Crippen molar-refractivity contribution in [2.24, 2.45) is 0 Å². The van der Waals surface area contributed by atoms with Crippen molar-refractivity contribution in [1.82, 2.24) is 3.96 Å². The minimum Gasteiger partial charge on any atom is -0.481 e. The third-order valence-electron chi connectivity index (χ3n) is 2.55. The predicted octanol–water partition coefficient (Wildman–Crippen LogP) is 2.32. The van der Waals surface area contributed by atoms with Gasteiger partial charge >= 0.3 is 5.97 Å². The molecule has 5 heteroatoms. The topological polar surface area (TPSA) is 59.3 Å². The molecule has 4 nitrogen and oxygen atoms in total. The summed E-state index contributed by atoms with van der Waals surface area (Å²) in [6, 6.07) is 7.51. The van der Waals surface area contributed by atoms with E-state index in [2.05, 4.69) is 0 Å². The summed E-state index contributed by atoms with van der Waals surface area (Å²) in [6.07, 6.45) is 1.49. The summed E-state index contributed by atoms with van der Waals surface area (Å²) in [4.78, 5) is 22.3. The zero-order valence-electron chi connectivity index (χ0n) is 9.26. The second-order valence-electron chi connectivity index (χ2n) is 3.85. The van der Waals surface area contributed by atoms with Crippen LogP contribution in [-0.2, 0) is 11.3 Å². The largest absolute Gasteiger partial charge is 0.481 e. The van der Waals surface area contributed by atoms with Crippen molar-refractivity contribution in [2.75, 3.05) is 0 Å². The highest BCUT2D eigenvalue weighted by Crippen LogP contribution is 2.16. The van der Waals surface area contributed by atoms with E-state index in [1.807, 2.05) is 24.3 Å². The molecule has 2 aromatic rings. The number of rotatable bonds is 5. The fraction of sp³-hybridized carbons (Fsp3) is 0.333. The predicted molar refractivity (Wildman–Crippen MR) is 67.6 cm³/mol. The Kier molecular flexibility index (Phi) is 3.58. The number of carbonyl (C=O) groups is 1. The second-order valence-corrected chi connectivity index (χ2v) is 4.91. The van der Waals surface area contributed by atoms with Crippen LogP contribution in [0.5, 0.6) is 0 Å². The van der Waals surface area contributed by atoms with E-state index in [1.54, 1.807) is 3.96 Å². The Labute approximate surface area is 102 Å². The molecule has 1 aromatic carbocycles. The summed E-state index contributed by atoms with van der Waals surface area (Å²) < 4.78 is 2.68. The van der Waals surface area contributed by atoms with E-state index >= 15 is 0 Å². The number of hydrogen-bond acceptors (Lipinski definition) is 3. The number of nitrogens with zero attached hydrogens (tertiary/aromatic N) is 1. The number of carboxylic acids is 1. The van der Waals surface area contributed by atoms with Crippen molar-refractivity contribution >= 4 is 27.6 Å². The monoisotopic (exact) mass is 251 g/mol. The molecule has 2 rings (SSSR count). The van der Waals surface area contributed by atoms with Crippen LogP contribution in [0.4, 0.5) is 0 Å². The third kappa shape index (κ3) is 2.74. The van der Waals surface area contributed by atoms with E-state index in [9.17, 15) is 9.59 Å². The van der Waals surface area contributed by atoms with E-state index < -0.39 is 5.97 Å². The van der Waals surface area contributed by atoms with Gasteiger partial charge in [-0.05, 0) is 25.0 Å². The van der Waals surface area contributed by atoms with Crippen LogP contribution in [-0.4, -0.2) is 15.0 Å². The highest BCUT2D eigenvalue weighted by atomic mass is 32.1. The number of unbranched alkanes of at least 4 members (excludes halogenated alkanes) is 1. The molecule has 0 radical (unpaired) electrons. The molecule has 0 bridgehead atoms. The van der Waals surface area contributed by atoms with Gasteiger partial charge in [0.05, 0.1) is 10.1 Å². The zero-order chi connectivity index (χ0) is 12.3. The first-order valence-electron chi connectivity index (χ1n) is 5.49. The minimum atomic E-state index is -0.784. The average molecular weight is 251 g/mol. The van der Waals surface area contributed by atoms with E-state index in [0.717, 1.165) is 16.5 Å². The molecule has 0 aliphatic rings. The molecule has 0 aliphatic carbocycles. The Morgan fingerprint density at radius 2 is 2.06 bits per heavy atom. The summed E-state index contributed by atoms with van der Waals surface area (Å²) >= 11 is 1.44. The molecule has 17 heavy (non-hydrogen) atoms. The molecular weight excluding hydrogens is 238 g/mol. The van der Waals surface area contributed by atoms with Gasteiger partial charge < -0.3 is 5.11 Å². The number of hydrogen-bond donors (Lipinski definition) is 1. The van der Waals surface area contributed by atoms with Gasteiger partial charge in [0, 0.05) is 13.0 Å². The SMILES string of the molecule is O=C(O)CCCCn1sc2ccccc2c1=O. The highest BCUT2D eigenvalue weighted by molar-refractivity contribution is 7.13. The number of aromatic nitrogens is 1. The smallest absolute Gasteiger partial charge is 0.303 e. The van der Waals surface area contributed by atoms with Gasteiger partial charge in [0.15, 0.2) is 0 Å². The lowest BCUT2D eigenvalue weighted by atomic mass is 10.2. The lowest BCUT2D eigenvalue weighted by molar-refractivity contribution is -0.137. The molecule has 0 amide bonds. The molecule has 0 fully saturated rings. The van der Waals surface area contributed by atoms with Crippen LogP contribution in [0, 0.1) is 0 Å². The Balaban J connectivity index is 2.06. The van der Waals surface area contributed by atoms with Crippen LogP contribution in [0.3, 0.4) is 0 Å². The fourth-order valence-electron chi connectivity index (χ4n) is 1.70.